The SMILES string of the molecule is C/C(=N/NC(=O)c1cccc([N+](=O)[O-])c1C)c1cccc(NC(=O)c2ccccc2)c1. The van der Waals surface area contributed by atoms with Crippen molar-refractivity contribution in [2.45, 2.75) is 13.8 Å². The van der Waals surface area contributed by atoms with Crippen LogP contribution in [0.15, 0.2) is 77.9 Å². The molecule has 0 fully saturated rings. The quantitative estimate of drug-likeness (QED) is 0.354. The van der Waals surface area contributed by atoms with E-state index in [2.05, 4.69) is 15.8 Å². The molecule has 3 aromatic carbocycles. The zero-order valence-electron chi connectivity index (χ0n) is 17.0. The molecule has 8 heteroatoms. The largest absolute Gasteiger partial charge is 0.322 e. The zero-order valence-corrected chi connectivity index (χ0v) is 17.0. The molecule has 3 aromatic rings. The van der Waals surface area contributed by atoms with E-state index >= 15 is 0 Å². The molecule has 0 atom stereocenters. The molecule has 8 nitrogen and oxygen atoms in total. The third-order valence-electron chi connectivity index (χ3n) is 4.65. The van der Waals surface area contributed by atoms with Gasteiger partial charge in [-0.2, -0.15) is 5.10 Å². The second-order valence-electron chi connectivity index (χ2n) is 6.75. The maximum absolute atomic E-state index is 12.4. The Balaban J connectivity index is 1.73. The second-order valence-corrected chi connectivity index (χ2v) is 6.75. The summed E-state index contributed by atoms with van der Waals surface area (Å²) in [5, 5.41) is 18.0. The molecule has 0 saturated carbocycles. The van der Waals surface area contributed by atoms with Crippen molar-refractivity contribution >= 4 is 28.9 Å². The molecule has 2 N–H and O–H groups in total. The number of carbonyl (C=O) groups excluding carboxylic acids is 2. The molecule has 0 spiro atoms. The summed E-state index contributed by atoms with van der Waals surface area (Å²) in [7, 11) is 0. The minimum atomic E-state index is -0.547. The molecule has 31 heavy (non-hydrogen) atoms. The van der Waals surface area contributed by atoms with Gasteiger partial charge in [0.1, 0.15) is 0 Å². The predicted molar refractivity (Wildman–Crippen MR) is 118 cm³/mol. The standard InChI is InChI=1S/C23H20N4O4/c1-15-20(12-7-13-21(15)27(30)31)23(29)26-25-16(2)18-10-6-11-19(14-18)24-22(28)17-8-4-3-5-9-17/h3-14H,1-2H3,(H,24,28)(H,26,29)/b25-16-. The summed E-state index contributed by atoms with van der Waals surface area (Å²) in [5.74, 6) is -0.782. The number of anilines is 1. The fourth-order valence-corrected chi connectivity index (χ4v) is 2.94. The van der Waals surface area contributed by atoms with E-state index in [9.17, 15) is 19.7 Å². The topological polar surface area (TPSA) is 114 Å². The average Bonchev–Trinajstić information content (AvgIpc) is 2.78. The molecule has 0 bridgehead atoms. The van der Waals surface area contributed by atoms with Crippen LogP contribution in [0.3, 0.4) is 0 Å². The van der Waals surface area contributed by atoms with Crippen molar-refractivity contribution in [1.82, 2.24) is 5.43 Å². The van der Waals surface area contributed by atoms with Crippen LogP contribution in [0.5, 0.6) is 0 Å². The highest BCUT2D eigenvalue weighted by Gasteiger charge is 2.17. The molecule has 0 unspecified atom stereocenters. The van der Waals surface area contributed by atoms with E-state index < -0.39 is 10.8 Å². The zero-order chi connectivity index (χ0) is 22.4. The first kappa shape index (κ1) is 21.4. The van der Waals surface area contributed by atoms with Crippen LogP contribution in [-0.4, -0.2) is 22.4 Å². The first-order valence-corrected chi connectivity index (χ1v) is 9.42. The number of nitro benzene ring substituents is 1. The Labute approximate surface area is 178 Å². The van der Waals surface area contributed by atoms with Gasteiger partial charge in [-0.1, -0.05) is 36.4 Å². The highest BCUT2D eigenvalue weighted by molar-refractivity contribution is 6.06. The molecule has 0 aromatic heterocycles. The van der Waals surface area contributed by atoms with E-state index in [4.69, 9.17) is 0 Å². The van der Waals surface area contributed by atoms with Gasteiger partial charge in [0.2, 0.25) is 0 Å². The number of nitro groups is 1. The number of nitrogens with one attached hydrogen (secondary N) is 2. The summed E-state index contributed by atoms with van der Waals surface area (Å²) in [5.41, 5.74) is 5.07. The van der Waals surface area contributed by atoms with Crippen molar-refractivity contribution < 1.29 is 14.5 Å². The van der Waals surface area contributed by atoms with Crippen molar-refractivity contribution in [3.63, 3.8) is 0 Å². The highest BCUT2D eigenvalue weighted by atomic mass is 16.6. The average molecular weight is 416 g/mol. The monoisotopic (exact) mass is 416 g/mol. The number of hydrogen-bond acceptors (Lipinski definition) is 5. The van der Waals surface area contributed by atoms with E-state index in [1.165, 1.54) is 25.1 Å². The summed E-state index contributed by atoms with van der Waals surface area (Å²) < 4.78 is 0. The van der Waals surface area contributed by atoms with Crippen molar-refractivity contribution in [2.75, 3.05) is 5.32 Å². The summed E-state index contributed by atoms with van der Waals surface area (Å²) in [6.07, 6.45) is 0. The van der Waals surface area contributed by atoms with Crippen LogP contribution in [0, 0.1) is 17.0 Å². The Morgan fingerprint density at radius 2 is 1.58 bits per heavy atom. The smallest absolute Gasteiger partial charge is 0.273 e. The fraction of sp³-hybridized carbons (Fsp3) is 0.0870. The van der Waals surface area contributed by atoms with Gasteiger partial charge in [0.05, 0.1) is 16.2 Å². The first-order chi connectivity index (χ1) is 14.9. The Hall–Kier alpha value is -4.33. The number of amides is 2. The van der Waals surface area contributed by atoms with Crippen LogP contribution in [0.25, 0.3) is 0 Å². The third kappa shape index (κ3) is 5.18. The van der Waals surface area contributed by atoms with Gasteiger partial charge in [-0.25, -0.2) is 5.43 Å². The van der Waals surface area contributed by atoms with Gasteiger partial charge in [0, 0.05) is 22.9 Å². The molecule has 0 aliphatic heterocycles. The van der Waals surface area contributed by atoms with Crippen molar-refractivity contribution in [3.8, 4) is 0 Å². The van der Waals surface area contributed by atoms with E-state index in [0.717, 1.165) is 0 Å². The van der Waals surface area contributed by atoms with Crippen LogP contribution in [0.1, 0.15) is 38.8 Å². The van der Waals surface area contributed by atoms with Crippen molar-refractivity contribution in [3.05, 3.63) is 105 Å². The second kappa shape index (κ2) is 9.45. The Morgan fingerprint density at radius 1 is 0.903 bits per heavy atom. The minimum absolute atomic E-state index is 0.129. The normalized spacial score (nSPS) is 11.0. The molecular formula is C23H20N4O4. The van der Waals surface area contributed by atoms with Gasteiger partial charge >= 0.3 is 0 Å². The van der Waals surface area contributed by atoms with Crippen LogP contribution < -0.4 is 10.7 Å². The summed E-state index contributed by atoms with van der Waals surface area (Å²) in [6.45, 7) is 3.22. The van der Waals surface area contributed by atoms with Gasteiger partial charge in [-0.3, -0.25) is 19.7 Å². The lowest BCUT2D eigenvalue weighted by atomic mass is 10.1. The molecule has 156 valence electrons. The summed E-state index contributed by atoms with van der Waals surface area (Å²) in [6, 6.07) is 20.2. The van der Waals surface area contributed by atoms with Crippen LogP contribution in [0.4, 0.5) is 11.4 Å². The molecule has 0 saturated heterocycles. The lowest BCUT2D eigenvalue weighted by Gasteiger charge is -2.08. The Kier molecular flexibility index (Phi) is 6.51. The number of benzene rings is 3. The van der Waals surface area contributed by atoms with Crippen molar-refractivity contribution in [1.29, 1.82) is 0 Å². The van der Waals surface area contributed by atoms with Gasteiger partial charge < -0.3 is 5.32 Å². The minimum Gasteiger partial charge on any atom is -0.322 e. The predicted octanol–water partition coefficient (Wildman–Crippen LogP) is 4.31. The summed E-state index contributed by atoms with van der Waals surface area (Å²) in [4.78, 5) is 35.3. The number of rotatable bonds is 6. The van der Waals surface area contributed by atoms with E-state index in [-0.39, 0.29) is 22.7 Å². The van der Waals surface area contributed by atoms with Gasteiger partial charge in [0.15, 0.2) is 0 Å². The summed E-state index contributed by atoms with van der Waals surface area (Å²) >= 11 is 0. The number of hydrazone groups is 1. The van der Waals surface area contributed by atoms with E-state index in [1.54, 1.807) is 55.5 Å². The van der Waals surface area contributed by atoms with E-state index in [1.807, 2.05) is 6.07 Å². The van der Waals surface area contributed by atoms with Crippen LogP contribution in [0.2, 0.25) is 0 Å². The molecule has 0 aliphatic rings. The van der Waals surface area contributed by atoms with Crippen LogP contribution in [-0.2, 0) is 0 Å². The lowest BCUT2D eigenvalue weighted by molar-refractivity contribution is -0.385. The molecule has 2 amide bonds. The van der Waals surface area contributed by atoms with Gasteiger partial charge in [-0.15, -0.1) is 0 Å². The number of hydrogen-bond donors (Lipinski definition) is 2. The van der Waals surface area contributed by atoms with E-state index in [0.29, 0.717) is 22.5 Å². The maximum Gasteiger partial charge on any atom is 0.273 e. The van der Waals surface area contributed by atoms with Crippen LogP contribution >= 0.6 is 0 Å². The lowest BCUT2D eigenvalue weighted by Crippen LogP contribution is -2.20. The molecule has 3 rings (SSSR count). The maximum atomic E-state index is 12.4. The van der Waals surface area contributed by atoms with Crippen molar-refractivity contribution in [2.24, 2.45) is 5.10 Å². The molecule has 0 heterocycles. The molecule has 0 aliphatic carbocycles. The van der Waals surface area contributed by atoms with Gasteiger partial charge in [-0.05, 0) is 49.7 Å². The molecule has 0 radical (unpaired) electrons. The van der Waals surface area contributed by atoms with Gasteiger partial charge in [0.25, 0.3) is 17.5 Å². The molecular weight excluding hydrogens is 396 g/mol. The highest BCUT2D eigenvalue weighted by Crippen LogP contribution is 2.21. The Morgan fingerprint density at radius 3 is 2.29 bits per heavy atom. The first-order valence-electron chi connectivity index (χ1n) is 9.42. The Bertz CT molecular complexity index is 1170. The fourth-order valence-electron chi connectivity index (χ4n) is 2.94. The third-order valence-corrected chi connectivity index (χ3v) is 4.65. The number of carbonyl (C=O) groups is 2. The number of nitrogens with zero attached hydrogens (tertiary/aromatic N) is 2.